The van der Waals surface area contributed by atoms with Crippen molar-refractivity contribution in [2.45, 2.75) is 26.4 Å². The van der Waals surface area contributed by atoms with Crippen LogP contribution in [0.2, 0.25) is 0 Å². The molecule has 26 heavy (non-hydrogen) atoms. The normalized spacial score (nSPS) is 11.1. The molecule has 10 nitrogen and oxygen atoms in total. The highest BCUT2D eigenvalue weighted by Crippen LogP contribution is 2.17. The molecular weight excluding hydrogens is 342 g/mol. The molecule has 0 aliphatic carbocycles. The number of nitrogens with one attached hydrogen (secondary N) is 2. The molecule has 0 atom stereocenters. The van der Waals surface area contributed by atoms with E-state index in [4.69, 9.17) is 4.74 Å². The quantitative estimate of drug-likeness (QED) is 0.824. The van der Waals surface area contributed by atoms with Crippen LogP contribution in [0.3, 0.4) is 0 Å². The first kappa shape index (κ1) is 19.0. The van der Waals surface area contributed by atoms with Crippen molar-refractivity contribution < 1.29 is 24.2 Å². The van der Waals surface area contributed by atoms with E-state index in [-0.39, 0.29) is 17.3 Å². The minimum atomic E-state index is -1.45. The second kappa shape index (κ2) is 6.90. The number of imidazole rings is 1. The average molecular weight is 362 g/mol. The largest absolute Gasteiger partial charge is 0.542 e. The number of anilines is 2. The Labute approximate surface area is 149 Å². The van der Waals surface area contributed by atoms with Gasteiger partial charge in [-0.05, 0) is 26.8 Å². The van der Waals surface area contributed by atoms with Crippen LogP contribution in [0.5, 0.6) is 0 Å². The molecule has 0 spiro atoms. The van der Waals surface area contributed by atoms with Gasteiger partial charge in [0.25, 0.3) is 5.91 Å². The van der Waals surface area contributed by atoms with Gasteiger partial charge in [0.2, 0.25) is 0 Å². The molecule has 0 saturated carbocycles. The fraction of sp³-hybridized carbons (Fsp3) is 0.375. The predicted molar refractivity (Wildman–Crippen MR) is 90.8 cm³/mol. The van der Waals surface area contributed by atoms with Crippen LogP contribution in [0.4, 0.5) is 16.3 Å². The van der Waals surface area contributed by atoms with E-state index in [0.29, 0.717) is 5.69 Å². The maximum Gasteiger partial charge on any atom is 0.412 e. The van der Waals surface area contributed by atoms with Gasteiger partial charge in [0.15, 0.2) is 11.6 Å². The van der Waals surface area contributed by atoms with Gasteiger partial charge in [-0.3, -0.25) is 10.1 Å². The standard InChI is InChI=1S/C16H21N5O5/c1-16(2,3)26-15(25)17-9-6-10(20(4)7-9)13(22)19-11-8-21(5)12(18-11)14(23)24/h6-8H,1-5H3,(H,17,25)(H,19,22)(H,23,24)/p-1. The summed E-state index contributed by atoms with van der Waals surface area (Å²) in [6.07, 6.45) is 2.26. The zero-order chi connectivity index (χ0) is 19.6. The number of carbonyl (C=O) groups is 3. The number of ether oxygens (including phenoxy) is 1. The highest BCUT2D eigenvalue weighted by atomic mass is 16.6. The summed E-state index contributed by atoms with van der Waals surface area (Å²) in [5.41, 5.74) is -0.0329. The smallest absolute Gasteiger partial charge is 0.412 e. The summed E-state index contributed by atoms with van der Waals surface area (Å²) in [6, 6.07) is 1.46. The van der Waals surface area contributed by atoms with Gasteiger partial charge in [0, 0.05) is 26.5 Å². The Morgan fingerprint density at radius 2 is 1.77 bits per heavy atom. The Bertz CT molecular complexity index is 859. The number of hydrogen-bond acceptors (Lipinski definition) is 6. The van der Waals surface area contributed by atoms with Crippen LogP contribution in [0, 0.1) is 0 Å². The number of amides is 2. The number of aromatic nitrogens is 3. The SMILES string of the molecule is Cn1cc(NC(=O)OC(C)(C)C)cc1C(=O)Nc1cn(C)c(C(=O)[O-])n1. The fourth-order valence-electron chi connectivity index (χ4n) is 2.18. The van der Waals surface area contributed by atoms with Gasteiger partial charge in [-0.15, -0.1) is 0 Å². The number of hydrogen-bond donors (Lipinski definition) is 2. The second-order valence-electron chi connectivity index (χ2n) is 6.65. The number of nitrogens with zero attached hydrogens (tertiary/aromatic N) is 3. The van der Waals surface area contributed by atoms with Crippen LogP contribution in [-0.2, 0) is 18.8 Å². The van der Waals surface area contributed by atoms with Gasteiger partial charge in [-0.1, -0.05) is 0 Å². The summed E-state index contributed by atoms with van der Waals surface area (Å²) in [7, 11) is 3.10. The number of carbonyl (C=O) groups excluding carboxylic acids is 3. The minimum absolute atomic E-state index is 0.0690. The molecule has 0 bridgehead atoms. The van der Waals surface area contributed by atoms with Gasteiger partial charge >= 0.3 is 6.09 Å². The molecule has 2 heterocycles. The Morgan fingerprint density at radius 3 is 2.31 bits per heavy atom. The lowest BCUT2D eigenvalue weighted by atomic mass is 10.2. The number of carboxylic acids is 1. The summed E-state index contributed by atoms with van der Waals surface area (Å²) >= 11 is 0. The van der Waals surface area contributed by atoms with E-state index in [1.807, 2.05) is 0 Å². The van der Waals surface area contributed by atoms with Crippen LogP contribution in [0.15, 0.2) is 18.5 Å². The topological polar surface area (TPSA) is 130 Å². The molecule has 2 aromatic heterocycles. The van der Waals surface area contributed by atoms with Crippen molar-refractivity contribution in [2.24, 2.45) is 14.1 Å². The van der Waals surface area contributed by atoms with Crippen LogP contribution < -0.4 is 15.7 Å². The first-order chi connectivity index (χ1) is 12.0. The lowest BCUT2D eigenvalue weighted by Gasteiger charge is -2.19. The summed E-state index contributed by atoms with van der Waals surface area (Å²) in [4.78, 5) is 38.8. The van der Waals surface area contributed by atoms with Crippen LogP contribution >= 0.6 is 0 Å². The number of rotatable bonds is 4. The third-order valence-corrected chi connectivity index (χ3v) is 3.18. The van der Waals surface area contributed by atoms with Crippen molar-refractivity contribution in [3.05, 3.63) is 30.0 Å². The van der Waals surface area contributed by atoms with Crippen molar-refractivity contribution in [1.82, 2.24) is 14.1 Å². The van der Waals surface area contributed by atoms with Crippen molar-refractivity contribution in [3.63, 3.8) is 0 Å². The molecule has 2 N–H and O–H groups in total. The molecule has 0 saturated heterocycles. The lowest BCUT2D eigenvalue weighted by Crippen LogP contribution is -2.27. The highest BCUT2D eigenvalue weighted by molar-refractivity contribution is 6.04. The molecule has 0 aliphatic rings. The summed E-state index contributed by atoms with van der Waals surface area (Å²) in [6.45, 7) is 5.22. The Kier molecular flexibility index (Phi) is 5.05. The monoisotopic (exact) mass is 362 g/mol. The van der Waals surface area contributed by atoms with Crippen molar-refractivity contribution in [2.75, 3.05) is 10.6 Å². The first-order valence-corrected chi connectivity index (χ1v) is 7.68. The van der Waals surface area contributed by atoms with Crippen molar-refractivity contribution in [1.29, 1.82) is 0 Å². The molecule has 0 radical (unpaired) electrons. The number of aromatic carboxylic acids is 1. The molecule has 0 unspecified atom stereocenters. The maximum atomic E-state index is 12.4. The second-order valence-corrected chi connectivity index (χ2v) is 6.65. The zero-order valence-corrected chi connectivity index (χ0v) is 15.1. The molecule has 2 rings (SSSR count). The van der Waals surface area contributed by atoms with E-state index in [2.05, 4.69) is 15.6 Å². The third-order valence-electron chi connectivity index (χ3n) is 3.18. The number of aryl methyl sites for hydroxylation is 2. The lowest BCUT2D eigenvalue weighted by molar-refractivity contribution is -0.256. The Morgan fingerprint density at radius 1 is 1.12 bits per heavy atom. The van der Waals surface area contributed by atoms with Gasteiger partial charge < -0.3 is 29.1 Å². The molecule has 0 aromatic carbocycles. The summed E-state index contributed by atoms with van der Waals surface area (Å²) in [5.74, 6) is -2.21. The van der Waals surface area contributed by atoms with E-state index < -0.39 is 23.6 Å². The van der Waals surface area contributed by atoms with E-state index >= 15 is 0 Å². The molecule has 2 aromatic rings. The van der Waals surface area contributed by atoms with E-state index in [1.54, 1.807) is 34.0 Å². The minimum Gasteiger partial charge on any atom is -0.542 e. The van der Waals surface area contributed by atoms with Crippen molar-refractivity contribution >= 4 is 29.5 Å². The first-order valence-electron chi connectivity index (χ1n) is 7.68. The Balaban J connectivity index is 2.10. The average Bonchev–Trinajstić information content (AvgIpc) is 2.99. The van der Waals surface area contributed by atoms with Gasteiger partial charge in [0.1, 0.15) is 17.3 Å². The third kappa shape index (κ3) is 4.62. The van der Waals surface area contributed by atoms with E-state index in [0.717, 1.165) is 0 Å². The molecule has 10 heteroatoms. The van der Waals surface area contributed by atoms with Crippen LogP contribution in [0.25, 0.3) is 0 Å². The molecular formula is C16H20N5O5-. The number of carboxylic acid groups (broad SMARTS) is 1. The summed E-state index contributed by atoms with van der Waals surface area (Å²) in [5, 5.41) is 15.9. The van der Waals surface area contributed by atoms with E-state index in [1.165, 1.54) is 28.4 Å². The van der Waals surface area contributed by atoms with Crippen LogP contribution in [-0.4, -0.2) is 37.7 Å². The predicted octanol–water partition coefficient (Wildman–Crippen LogP) is 0.721. The molecule has 140 valence electrons. The molecule has 0 fully saturated rings. The Hall–Kier alpha value is -3.30. The zero-order valence-electron chi connectivity index (χ0n) is 15.1. The maximum absolute atomic E-state index is 12.4. The highest BCUT2D eigenvalue weighted by Gasteiger charge is 2.19. The van der Waals surface area contributed by atoms with E-state index in [9.17, 15) is 19.5 Å². The van der Waals surface area contributed by atoms with Crippen molar-refractivity contribution in [3.8, 4) is 0 Å². The molecule has 2 amide bonds. The van der Waals surface area contributed by atoms with Crippen LogP contribution in [0.1, 0.15) is 41.9 Å². The fourth-order valence-corrected chi connectivity index (χ4v) is 2.18. The summed E-state index contributed by atoms with van der Waals surface area (Å²) < 4.78 is 7.88. The van der Waals surface area contributed by atoms with Gasteiger partial charge in [-0.25, -0.2) is 9.78 Å². The van der Waals surface area contributed by atoms with Gasteiger partial charge in [-0.2, -0.15) is 0 Å². The van der Waals surface area contributed by atoms with Gasteiger partial charge in [0.05, 0.1) is 5.69 Å². The molecule has 0 aliphatic heterocycles.